The van der Waals surface area contributed by atoms with Gasteiger partial charge in [-0.15, -0.1) is 6.42 Å². The van der Waals surface area contributed by atoms with Gasteiger partial charge in [-0.1, -0.05) is 12.8 Å². The van der Waals surface area contributed by atoms with Crippen molar-refractivity contribution in [2.75, 3.05) is 18.4 Å². The van der Waals surface area contributed by atoms with Gasteiger partial charge in [-0.2, -0.15) is 5.10 Å². The van der Waals surface area contributed by atoms with Crippen molar-refractivity contribution in [3.8, 4) is 12.3 Å². The Morgan fingerprint density at radius 2 is 2.37 bits per heavy atom. The SMILES string of the molecule is C#CCn1ncc(NCC(=O)NCCC)c(Br)c1=O. The van der Waals surface area contributed by atoms with Gasteiger partial charge < -0.3 is 10.6 Å². The molecule has 0 fully saturated rings. The fourth-order valence-electron chi connectivity index (χ4n) is 1.29. The molecule has 102 valence electrons. The summed E-state index contributed by atoms with van der Waals surface area (Å²) in [6, 6.07) is 0. The first kappa shape index (κ1) is 15.2. The fourth-order valence-corrected chi connectivity index (χ4v) is 1.74. The Labute approximate surface area is 119 Å². The number of rotatable bonds is 6. The molecule has 6 nitrogen and oxygen atoms in total. The van der Waals surface area contributed by atoms with Crippen molar-refractivity contribution in [2.45, 2.75) is 19.9 Å². The van der Waals surface area contributed by atoms with Crippen LogP contribution in [0.1, 0.15) is 13.3 Å². The third-order valence-corrected chi connectivity index (χ3v) is 3.00. The molecule has 0 unspecified atom stereocenters. The molecule has 1 heterocycles. The Hall–Kier alpha value is -1.81. The highest BCUT2D eigenvalue weighted by Gasteiger charge is 2.09. The molecule has 0 aliphatic carbocycles. The zero-order valence-corrected chi connectivity index (χ0v) is 12.2. The van der Waals surface area contributed by atoms with Crippen molar-refractivity contribution >= 4 is 27.5 Å². The molecule has 7 heteroatoms. The zero-order valence-electron chi connectivity index (χ0n) is 10.6. The van der Waals surface area contributed by atoms with Gasteiger partial charge in [-0.05, 0) is 22.4 Å². The van der Waals surface area contributed by atoms with Crippen LogP contribution in [0.3, 0.4) is 0 Å². The maximum absolute atomic E-state index is 11.8. The van der Waals surface area contributed by atoms with Crippen LogP contribution >= 0.6 is 15.9 Å². The van der Waals surface area contributed by atoms with E-state index < -0.39 is 0 Å². The quantitative estimate of drug-likeness (QED) is 0.750. The first-order valence-corrected chi connectivity index (χ1v) is 6.59. The maximum atomic E-state index is 11.8. The van der Waals surface area contributed by atoms with Crippen LogP contribution in [-0.4, -0.2) is 28.8 Å². The number of hydrogen-bond acceptors (Lipinski definition) is 4. The smallest absolute Gasteiger partial charge is 0.284 e. The molecule has 0 saturated heterocycles. The lowest BCUT2D eigenvalue weighted by Gasteiger charge is -2.09. The number of anilines is 1. The van der Waals surface area contributed by atoms with E-state index in [1.807, 2.05) is 6.92 Å². The second-order valence-electron chi connectivity index (χ2n) is 3.74. The van der Waals surface area contributed by atoms with Crippen LogP contribution < -0.4 is 16.2 Å². The highest BCUT2D eigenvalue weighted by Crippen LogP contribution is 2.15. The molecule has 0 radical (unpaired) electrons. The zero-order chi connectivity index (χ0) is 14.3. The van der Waals surface area contributed by atoms with Gasteiger partial charge >= 0.3 is 0 Å². The summed E-state index contributed by atoms with van der Waals surface area (Å²) in [5.41, 5.74) is 0.127. The summed E-state index contributed by atoms with van der Waals surface area (Å²) in [6.07, 6.45) is 7.46. The monoisotopic (exact) mass is 326 g/mol. The Morgan fingerprint density at radius 3 is 3.00 bits per heavy atom. The molecule has 1 aromatic rings. The number of amides is 1. The van der Waals surface area contributed by atoms with Gasteiger partial charge in [0.2, 0.25) is 5.91 Å². The molecular formula is C12H15BrN4O2. The van der Waals surface area contributed by atoms with Gasteiger partial charge in [0.25, 0.3) is 5.56 Å². The van der Waals surface area contributed by atoms with Crippen LogP contribution in [0.15, 0.2) is 15.5 Å². The molecule has 1 rings (SSSR count). The molecule has 2 N–H and O–H groups in total. The molecule has 0 aliphatic rings. The number of nitrogens with zero attached hydrogens (tertiary/aromatic N) is 2. The minimum atomic E-state index is -0.336. The average Bonchev–Trinajstić information content (AvgIpc) is 2.41. The fraction of sp³-hybridized carbons (Fsp3) is 0.417. The Balaban J connectivity index is 2.70. The second kappa shape index (κ2) is 7.59. The molecule has 19 heavy (non-hydrogen) atoms. The Morgan fingerprint density at radius 1 is 1.63 bits per heavy atom. The van der Waals surface area contributed by atoms with Crippen molar-refractivity contribution in [1.29, 1.82) is 0 Å². The summed E-state index contributed by atoms with van der Waals surface area (Å²) in [4.78, 5) is 23.2. The topological polar surface area (TPSA) is 76.0 Å². The van der Waals surface area contributed by atoms with Gasteiger partial charge in [0, 0.05) is 6.54 Å². The van der Waals surface area contributed by atoms with Gasteiger partial charge in [-0.25, -0.2) is 4.68 Å². The van der Waals surface area contributed by atoms with E-state index >= 15 is 0 Å². The average molecular weight is 327 g/mol. The predicted octanol–water partition coefficient (Wildman–Crippen LogP) is 0.577. The predicted molar refractivity (Wildman–Crippen MR) is 76.8 cm³/mol. The van der Waals surface area contributed by atoms with E-state index in [9.17, 15) is 9.59 Å². The standard InChI is InChI=1S/C12H15BrN4O2/c1-3-5-14-10(18)8-15-9-7-16-17(6-4-2)12(19)11(9)13/h2,7,15H,3,5-6,8H2,1H3,(H,14,18). The van der Waals surface area contributed by atoms with Crippen LogP contribution in [-0.2, 0) is 11.3 Å². The highest BCUT2D eigenvalue weighted by molar-refractivity contribution is 9.10. The number of hydrogen-bond donors (Lipinski definition) is 2. The minimum absolute atomic E-state index is 0.0822. The van der Waals surface area contributed by atoms with Crippen molar-refractivity contribution in [3.05, 3.63) is 21.0 Å². The largest absolute Gasteiger partial charge is 0.374 e. The normalized spacial score (nSPS) is 9.74. The van der Waals surface area contributed by atoms with Crippen molar-refractivity contribution in [3.63, 3.8) is 0 Å². The number of halogens is 1. The van der Waals surface area contributed by atoms with E-state index in [1.165, 1.54) is 6.20 Å². The third-order valence-electron chi connectivity index (χ3n) is 2.24. The lowest BCUT2D eigenvalue weighted by molar-refractivity contribution is -0.119. The second-order valence-corrected chi connectivity index (χ2v) is 4.54. The molecule has 0 bridgehead atoms. The molecule has 0 atom stereocenters. The summed E-state index contributed by atoms with van der Waals surface area (Å²) in [6.45, 7) is 2.79. The summed E-state index contributed by atoms with van der Waals surface area (Å²) < 4.78 is 1.47. The molecule has 1 amide bonds. The molecule has 1 aromatic heterocycles. The number of carbonyl (C=O) groups excluding carboxylic acids is 1. The van der Waals surface area contributed by atoms with E-state index in [2.05, 4.69) is 37.6 Å². The van der Waals surface area contributed by atoms with Gasteiger partial charge in [0.05, 0.1) is 18.4 Å². The number of nitrogens with one attached hydrogen (secondary N) is 2. The van der Waals surface area contributed by atoms with E-state index in [4.69, 9.17) is 6.42 Å². The lowest BCUT2D eigenvalue weighted by Crippen LogP contribution is -2.31. The van der Waals surface area contributed by atoms with E-state index in [0.29, 0.717) is 16.7 Å². The number of terminal acetylenes is 1. The van der Waals surface area contributed by atoms with E-state index in [0.717, 1.165) is 11.1 Å². The van der Waals surface area contributed by atoms with Crippen LogP contribution in [0, 0.1) is 12.3 Å². The summed E-state index contributed by atoms with van der Waals surface area (Å²) in [7, 11) is 0. The Bertz CT molecular complexity index is 548. The van der Waals surface area contributed by atoms with E-state index in [1.54, 1.807) is 0 Å². The van der Waals surface area contributed by atoms with Crippen molar-refractivity contribution in [1.82, 2.24) is 15.1 Å². The molecule has 0 aromatic carbocycles. The molecule has 0 aliphatic heterocycles. The van der Waals surface area contributed by atoms with Gasteiger partial charge in [0.1, 0.15) is 11.0 Å². The van der Waals surface area contributed by atoms with Gasteiger partial charge in [-0.3, -0.25) is 9.59 Å². The number of aromatic nitrogens is 2. The van der Waals surface area contributed by atoms with Crippen LogP contribution in [0.5, 0.6) is 0 Å². The third kappa shape index (κ3) is 4.41. The highest BCUT2D eigenvalue weighted by atomic mass is 79.9. The molecular weight excluding hydrogens is 312 g/mol. The first-order valence-electron chi connectivity index (χ1n) is 5.79. The van der Waals surface area contributed by atoms with Crippen LogP contribution in [0.25, 0.3) is 0 Å². The van der Waals surface area contributed by atoms with Crippen molar-refractivity contribution < 1.29 is 4.79 Å². The lowest BCUT2D eigenvalue weighted by atomic mass is 10.4. The summed E-state index contributed by atoms with van der Waals surface area (Å²) in [5.74, 6) is 2.20. The maximum Gasteiger partial charge on any atom is 0.284 e. The first-order chi connectivity index (χ1) is 9.10. The van der Waals surface area contributed by atoms with Crippen LogP contribution in [0.4, 0.5) is 5.69 Å². The minimum Gasteiger partial charge on any atom is -0.374 e. The van der Waals surface area contributed by atoms with E-state index in [-0.39, 0.29) is 24.6 Å². The molecule has 0 saturated carbocycles. The summed E-state index contributed by atoms with van der Waals surface area (Å²) >= 11 is 3.17. The van der Waals surface area contributed by atoms with Crippen molar-refractivity contribution in [2.24, 2.45) is 0 Å². The molecule has 0 spiro atoms. The van der Waals surface area contributed by atoms with Gasteiger partial charge in [0.15, 0.2) is 0 Å². The summed E-state index contributed by atoms with van der Waals surface area (Å²) in [5, 5.41) is 9.47. The van der Waals surface area contributed by atoms with Crippen LogP contribution in [0.2, 0.25) is 0 Å². The number of carbonyl (C=O) groups is 1. The Kier molecular flexibility index (Phi) is 6.09.